The van der Waals surface area contributed by atoms with E-state index < -0.39 is 0 Å². The average molecular weight is 296 g/mol. The van der Waals surface area contributed by atoms with E-state index in [4.69, 9.17) is 16.3 Å². The Morgan fingerprint density at radius 3 is 2.90 bits per heavy atom. The SMILES string of the molecule is CC(=O)OC[C@@H]1CCC(=O)N(C)[C@H]1c1cccc(Cl)c1. The third kappa shape index (κ3) is 3.31. The maximum Gasteiger partial charge on any atom is 0.302 e. The van der Waals surface area contributed by atoms with Crippen molar-refractivity contribution >= 4 is 23.5 Å². The number of piperidine rings is 1. The predicted molar refractivity (Wildman–Crippen MR) is 76.3 cm³/mol. The molecule has 1 aromatic carbocycles. The largest absolute Gasteiger partial charge is 0.465 e. The van der Waals surface area contributed by atoms with Crippen LogP contribution in [0.3, 0.4) is 0 Å². The third-order valence-electron chi connectivity index (χ3n) is 3.68. The quantitative estimate of drug-likeness (QED) is 0.806. The lowest BCUT2D eigenvalue weighted by atomic mass is 9.85. The van der Waals surface area contributed by atoms with E-state index in [0.717, 1.165) is 5.56 Å². The highest BCUT2D eigenvalue weighted by atomic mass is 35.5. The second kappa shape index (κ2) is 6.27. The Bertz CT molecular complexity index is 518. The van der Waals surface area contributed by atoms with Gasteiger partial charge in [0.25, 0.3) is 0 Å². The summed E-state index contributed by atoms with van der Waals surface area (Å²) in [5.41, 5.74) is 0.977. The molecule has 0 aromatic heterocycles. The maximum absolute atomic E-state index is 11.9. The Kier molecular flexibility index (Phi) is 4.65. The van der Waals surface area contributed by atoms with Crippen LogP contribution in [0.5, 0.6) is 0 Å². The molecule has 108 valence electrons. The van der Waals surface area contributed by atoms with Crippen molar-refractivity contribution in [1.29, 1.82) is 0 Å². The first-order valence-corrected chi connectivity index (χ1v) is 7.01. The first kappa shape index (κ1) is 14.9. The molecular formula is C15H18ClNO3. The lowest BCUT2D eigenvalue weighted by molar-refractivity contribution is -0.146. The molecule has 5 heteroatoms. The number of amides is 1. The molecule has 4 nitrogen and oxygen atoms in total. The Morgan fingerprint density at radius 2 is 2.25 bits per heavy atom. The van der Waals surface area contributed by atoms with Crippen molar-refractivity contribution in [3.8, 4) is 0 Å². The lowest BCUT2D eigenvalue weighted by Crippen LogP contribution is -2.41. The van der Waals surface area contributed by atoms with E-state index in [0.29, 0.717) is 24.5 Å². The van der Waals surface area contributed by atoms with Gasteiger partial charge in [-0.25, -0.2) is 0 Å². The molecule has 0 aliphatic carbocycles. The first-order chi connectivity index (χ1) is 9.49. The van der Waals surface area contributed by atoms with Gasteiger partial charge < -0.3 is 9.64 Å². The second-order valence-electron chi connectivity index (χ2n) is 5.11. The van der Waals surface area contributed by atoms with E-state index in [1.54, 1.807) is 18.0 Å². The van der Waals surface area contributed by atoms with Gasteiger partial charge in [-0.1, -0.05) is 23.7 Å². The summed E-state index contributed by atoms with van der Waals surface area (Å²) in [5.74, 6) is -0.0940. The molecule has 1 aliphatic heterocycles. The van der Waals surface area contributed by atoms with E-state index in [1.807, 2.05) is 18.2 Å². The molecule has 0 bridgehead atoms. The number of likely N-dealkylation sites (tertiary alicyclic amines) is 1. The predicted octanol–water partition coefficient (Wildman–Crippen LogP) is 2.81. The molecule has 1 amide bonds. The van der Waals surface area contributed by atoms with Crippen LogP contribution in [0, 0.1) is 5.92 Å². The number of rotatable bonds is 3. The Hall–Kier alpha value is -1.55. The molecule has 0 saturated carbocycles. The summed E-state index contributed by atoms with van der Waals surface area (Å²) in [6.07, 6.45) is 1.20. The Labute approximate surface area is 123 Å². The smallest absolute Gasteiger partial charge is 0.302 e. The monoisotopic (exact) mass is 295 g/mol. The molecule has 1 fully saturated rings. The molecule has 1 saturated heterocycles. The zero-order chi connectivity index (χ0) is 14.7. The summed E-state index contributed by atoms with van der Waals surface area (Å²) in [5, 5.41) is 0.639. The van der Waals surface area contributed by atoms with Crippen molar-refractivity contribution in [3.05, 3.63) is 34.9 Å². The number of carbonyl (C=O) groups excluding carboxylic acids is 2. The fourth-order valence-electron chi connectivity index (χ4n) is 2.70. The fourth-order valence-corrected chi connectivity index (χ4v) is 2.90. The van der Waals surface area contributed by atoms with Crippen LogP contribution in [0.4, 0.5) is 0 Å². The number of hydrogen-bond donors (Lipinski definition) is 0. The van der Waals surface area contributed by atoms with Gasteiger partial charge in [0.1, 0.15) is 0 Å². The van der Waals surface area contributed by atoms with Crippen LogP contribution in [-0.2, 0) is 14.3 Å². The van der Waals surface area contributed by atoms with E-state index >= 15 is 0 Å². The van der Waals surface area contributed by atoms with Gasteiger partial charge in [-0.2, -0.15) is 0 Å². The molecule has 0 radical (unpaired) electrons. The minimum absolute atomic E-state index is 0.0973. The first-order valence-electron chi connectivity index (χ1n) is 6.63. The van der Waals surface area contributed by atoms with E-state index in [1.165, 1.54) is 6.92 Å². The van der Waals surface area contributed by atoms with Gasteiger partial charge in [0, 0.05) is 31.3 Å². The summed E-state index contributed by atoms with van der Waals surface area (Å²) in [4.78, 5) is 24.7. The molecule has 0 unspecified atom stereocenters. The summed E-state index contributed by atoms with van der Waals surface area (Å²) in [7, 11) is 1.79. The molecule has 1 aromatic rings. The minimum Gasteiger partial charge on any atom is -0.465 e. The number of benzene rings is 1. The highest BCUT2D eigenvalue weighted by Crippen LogP contribution is 2.36. The van der Waals surface area contributed by atoms with Crippen molar-refractivity contribution in [1.82, 2.24) is 4.90 Å². The molecule has 1 aliphatic rings. The van der Waals surface area contributed by atoms with Gasteiger partial charge in [-0.05, 0) is 24.1 Å². The van der Waals surface area contributed by atoms with Crippen molar-refractivity contribution in [2.45, 2.75) is 25.8 Å². The standard InChI is InChI=1S/C15H18ClNO3/c1-10(18)20-9-12-6-7-14(19)17(2)15(12)11-4-3-5-13(16)8-11/h3-5,8,12,15H,6-7,9H2,1-2H3/t12-,15-/m0/s1. The molecule has 2 rings (SSSR count). The van der Waals surface area contributed by atoms with Crippen LogP contribution in [0.25, 0.3) is 0 Å². The zero-order valence-corrected chi connectivity index (χ0v) is 12.4. The second-order valence-corrected chi connectivity index (χ2v) is 5.54. The maximum atomic E-state index is 11.9. The number of esters is 1. The van der Waals surface area contributed by atoms with Crippen LogP contribution >= 0.6 is 11.6 Å². The number of hydrogen-bond acceptors (Lipinski definition) is 3. The average Bonchev–Trinajstić information content (AvgIpc) is 2.40. The summed E-state index contributed by atoms with van der Waals surface area (Å²) in [6.45, 7) is 1.72. The highest BCUT2D eigenvalue weighted by Gasteiger charge is 2.35. The highest BCUT2D eigenvalue weighted by molar-refractivity contribution is 6.30. The number of ether oxygens (including phenoxy) is 1. The fraction of sp³-hybridized carbons (Fsp3) is 0.467. The van der Waals surface area contributed by atoms with Crippen molar-refractivity contribution in [3.63, 3.8) is 0 Å². The minimum atomic E-state index is -0.297. The van der Waals surface area contributed by atoms with Crippen molar-refractivity contribution < 1.29 is 14.3 Å². The van der Waals surface area contributed by atoms with E-state index in [-0.39, 0.29) is 23.8 Å². The number of nitrogens with zero attached hydrogens (tertiary/aromatic N) is 1. The van der Waals surface area contributed by atoms with Crippen LogP contribution in [0.15, 0.2) is 24.3 Å². The molecule has 0 N–H and O–H groups in total. The lowest BCUT2D eigenvalue weighted by Gasteiger charge is -2.39. The van der Waals surface area contributed by atoms with Crippen molar-refractivity contribution in [2.24, 2.45) is 5.92 Å². The molecule has 2 atom stereocenters. The Morgan fingerprint density at radius 1 is 1.50 bits per heavy atom. The number of halogens is 1. The van der Waals surface area contributed by atoms with Gasteiger partial charge in [0.15, 0.2) is 0 Å². The van der Waals surface area contributed by atoms with Gasteiger partial charge in [-0.3, -0.25) is 9.59 Å². The van der Waals surface area contributed by atoms with E-state index in [9.17, 15) is 9.59 Å². The molecule has 0 spiro atoms. The van der Waals surface area contributed by atoms with E-state index in [2.05, 4.69) is 0 Å². The topological polar surface area (TPSA) is 46.6 Å². The van der Waals surface area contributed by atoms with Gasteiger partial charge in [0.2, 0.25) is 5.91 Å². The van der Waals surface area contributed by atoms with Crippen LogP contribution in [-0.4, -0.2) is 30.4 Å². The van der Waals surface area contributed by atoms with Gasteiger partial charge in [0.05, 0.1) is 12.6 Å². The van der Waals surface area contributed by atoms with Crippen molar-refractivity contribution in [2.75, 3.05) is 13.7 Å². The molecule has 1 heterocycles. The summed E-state index contributed by atoms with van der Waals surface area (Å²) < 4.78 is 5.14. The molecular weight excluding hydrogens is 278 g/mol. The zero-order valence-electron chi connectivity index (χ0n) is 11.6. The van der Waals surface area contributed by atoms with Gasteiger partial charge in [-0.15, -0.1) is 0 Å². The van der Waals surface area contributed by atoms with Crippen LogP contribution in [0.2, 0.25) is 5.02 Å². The van der Waals surface area contributed by atoms with Crippen LogP contribution in [0.1, 0.15) is 31.4 Å². The molecule has 20 heavy (non-hydrogen) atoms. The van der Waals surface area contributed by atoms with Crippen LogP contribution < -0.4 is 0 Å². The summed E-state index contributed by atoms with van der Waals surface area (Å²) >= 11 is 6.03. The summed E-state index contributed by atoms with van der Waals surface area (Å²) in [6, 6.07) is 7.38. The Balaban J connectivity index is 2.25. The normalized spacial score (nSPS) is 22.8. The number of carbonyl (C=O) groups is 2. The third-order valence-corrected chi connectivity index (χ3v) is 3.91. The van der Waals surface area contributed by atoms with Gasteiger partial charge >= 0.3 is 5.97 Å².